The van der Waals surface area contributed by atoms with Crippen LogP contribution in [0.5, 0.6) is 0 Å². The zero-order chi connectivity index (χ0) is 21.7. The first-order chi connectivity index (χ1) is 14.9. The van der Waals surface area contributed by atoms with Crippen LogP contribution in [0, 0.1) is 25.7 Å². The summed E-state index contributed by atoms with van der Waals surface area (Å²) in [7, 11) is 0. The van der Waals surface area contributed by atoms with Crippen molar-refractivity contribution < 1.29 is 14.4 Å². The van der Waals surface area contributed by atoms with Crippen LogP contribution >= 0.6 is 11.6 Å². The van der Waals surface area contributed by atoms with Crippen LogP contribution in [0.3, 0.4) is 0 Å². The minimum absolute atomic E-state index is 0.133. The standard InChI is InChI=1S/C24H22ClN3O3/c1-12-6-3-4-7-16(12)28-21(29)18-17-8-5-9-27(17)24(19(18)22(28)30)15-11-14(25)10-13(2)20(15)26-23(24)31/h3-4,6-7,10-11,17-19H,5,8-9H2,1-2H3,(H,26,31). The quantitative estimate of drug-likeness (QED) is 0.697. The molecule has 2 aromatic carbocycles. The number of hydrogen-bond acceptors (Lipinski definition) is 4. The molecule has 0 aliphatic carbocycles. The van der Waals surface area contributed by atoms with Gasteiger partial charge in [0.15, 0.2) is 0 Å². The summed E-state index contributed by atoms with van der Waals surface area (Å²) < 4.78 is 0. The van der Waals surface area contributed by atoms with Gasteiger partial charge in [-0.15, -0.1) is 0 Å². The summed E-state index contributed by atoms with van der Waals surface area (Å²) in [5.41, 5.74) is 2.58. The summed E-state index contributed by atoms with van der Waals surface area (Å²) in [5.74, 6) is -2.01. The molecule has 6 rings (SSSR count). The first-order valence-electron chi connectivity index (χ1n) is 10.7. The maximum Gasteiger partial charge on any atom is 0.250 e. The fourth-order valence-electron chi connectivity index (χ4n) is 6.49. The lowest BCUT2D eigenvalue weighted by Gasteiger charge is -2.36. The van der Waals surface area contributed by atoms with Gasteiger partial charge in [0.25, 0.3) is 0 Å². The number of carbonyl (C=O) groups excluding carboxylic acids is 3. The molecule has 7 heteroatoms. The van der Waals surface area contributed by atoms with Gasteiger partial charge in [-0.2, -0.15) is 0 Å². The second-order valence-electron chi connectivity index (χ2n) is 9.07. The molecule has 0 saturated carbocycles. The molecule has 2 aromatic rings. The molecule has 3 amide bonds. The largest absolute Gasteiger partial charge is 0.324 e. The normalized spacial score (nSPS) is 31.4. The number of nitrogens with one attached hydrogen (secondary N) is 1. The number of para-hydroxylation sites is 1. The highest BCUT2D eigenvalue weighted by Crippen LogP contribution is 2.61. The lowest BCUT2D eigenvalue weighted by atomic mass is 9.75. The summed E-state index contributed by atoms with van der Waals surface area (Å²) in [5, 5.41) is 3.56. The van der Waals surface area contributed by atoms with Gasteiger partial charge in [-0.05, 0) is 62.6 Å². The predicted octanol–water partition coefficient (Wildman–Crippen LogP) is 3.39. The second-order valence-corrected chi connectivity index (χ2v) is 9.51. The van der Waals surface area contributed by atoms with E-state index in [2.05, 4.69) is 10.2 Å². The molecule has 6 nitrogen and oxygen atoms in total. The van der Waals surface area contributed by atoms with E-state index in [1.807, 2.05) is 38.1 Å². The molecule has 3 fully saturated rings. The topological polar surface area (TPSA) is 69.7 Å². The van der Waals surface area contributed by atoms with Gasteiger partial charge in [0, 0.05) is 22.3 Å². The van der Waals surface area contributed by atoms with E-state index in [9.17, 15) is 14.4 Å². The molecule has 3 saturated heterocycles. The van der Waals surface area contributed by atoms with Crippen molar-refractivity contribution in [1.82, 2.24) is 4.90 Å². The van der Waals surface area contributed by atoms with Crippen molar-refractivity contribution in [3.05, 3.63) is 58.1 Å². The zero-order valence-corrected chi connectivity index (χ0v) is 18.1. The number of benzene rings is 2. The van der Waals surface area contributed by atoms with Gasteiger partial charge in [0.2, 0.25) is 17.7 Å². The molecule has 31 heavy (non-hydrogen) atoms. The SMILES string of the molecule is Cc1ccccc1N1C(=O)C2C3CCCN3C3(C(=O)Nc4c(C)cc(Cl)cc43)C2C1=O. The van der Waals surface area contributed by atoms with E-state index >= 15 is 0 Å². The lowest BCUT2D eigenvalue weighted by Crippen LogP contribution is -2.54. The van der Waals surface area contributed by atoms with Crippen LogP contribution in [0.1, 0.15) is 29.5 Å². The van der Waals surface area contributed by atoms with Crippen LogP contribution in [0.15, 0.2) is 36.4 Å². The Labute approximate surface area is 185 Å². The van der Waals surface area contributed by atoms with Crippen molar-refractivity contribution in [3.63, 3.8) is 0 Å². The van der Waals surface area contributed by atoms with Crippen molar-refractivity contribution in [2.45, 2.75) is 38.3 Å². The Morgan fingerprint density at radius 1 is 1.06 bits per heavy atom. The second kappa shape index (κ2) is 6.17. The highest BCUT2D eigenvalue weighted by atomic mass is 35.5. The number of nitrogens with zero attached hydrogens (tertiary/aromatic N) is 2. The van der Waals surface area contributed by atoms with E-state index < -0.39 is 17.4 Å². The number of halogens is 1. The van der Waals surface area contributed by atoms with Crippen molar-refractivity contribution in [1.29, 1.82) is 0 Å². The van der Waals surface area contributed by atoms with Gasteiger partial charge in [0.05, 0.1) is 17.5 Å². The molecule has 1 spiro atoms. The van der Waals surface area contributed by atoms with Crippen LogP contribution in [0.25, 0.3) is 0 Å². The van der Waals surface area contributed by atoms with Crippen LogP contribution in [-0.4, -0.2) is 35.2 Å². The molecule has 0 bridgehead atoms. The predicted molar refractivity (Wildman–Crippen MR) is 117 cm³/mol. The molecule has 0 radical (unpaired) electrons. The minimum Gasteiger partial charge on any atom is -0.324 e. The Morgan fingerprint density at radius 2 is 1.84 bits per heavy atom. The summed E-state index contributed by atoms with van der Waals surface area (Å²) in [6.45, 7) is 4.47. The first kappa shape index (κ1) is 19.0. The van der Waals surface area contributed by atoms with Crippen LogP contribution in [0.4, 0.5) is 11.4 Å². The Morgan fingerprint density at radius 3 is 2.61 bits per heavy atom. The maximum atomic E-state index is 13.9. The van der Waals surface area contributed by atoms with E-state index in [4.69, 9.17) is 11.6 Å². The molecule has 4 unspecified atom stereocenters. The van der Waals surface area contributed by atoms with Gasteiger partial charge >= 0.3 is 0 Å². The van der Waals surface area contributed by atoms with Crippen molar-refractivity contribution >= 4 is 40.7 Å². The summed E-state index contributed by atoms with van der Waals surface area (Å²) in [6.07, 6.45) is 1.69. The molecule has 4 atom stereocenters. The average molecular weight is 436 g/mol. The Kier molecular flexibility index (Phi) is 3.79. The number of imide groups is 1. The van der Waals surface area contributed by atoms with Crippen molar-refractivity contribution in [2.75, 3.05) is 16.8 Å². The molecule has 1 N–H and O–H groups in total. The van der Waals surface area contributed by atoms with E-state index in [1.54, 1.807) is 12.1 Å². The smallest absolute Gasteiger partial charge is 0.250 e. The van der Waals surface area contributed by atoms with Gasteiger partial charge in [-0.25, -0.2) is 4.90 Å². The fourth-order valence-corrected chi connectivity index (χ4v) is 6.76. The molecule has 4 aliphatic heterocycles. The van der Waals surface area contributed by atoms with Gasteiger partial charge < -0.3 is 5.32 Å². The van der Waals surface area contributed by atoms with Crippen molar-refractivity contribution in [3.8, 4) is 0 Å². The third kappa shape index (κ3) is 2.14. The minimum atomic E-state index is -1.19. The maximum absolute atomic E-state index is 13.9. The first-order valence-corrected chi connectivity index (χ1v) is 11.1. The van der Waals surface area contributed by atoms with Gasteiger partial charge in [-0.3, -0.25) is 19.3 Å². The number of carbonyl (C=O) groups is 3. The number of fused-ring (bicyclic) bond motifs is 7. The Balaban J connectivity index is 1.60. The number of rotatable bonds is 1. The monoisotopic (exact) mass is 435 g/mol. The molecule has 4 aliphatic rings. The number of anilines is 2. The van der Waals surface area contributed by atoms with Gasteiger partial charge in [-0.1, -0.05) is 29.8 Å². The van der Waals surface area contributed by atoms with Gasteiger partial charge in [0.1, 0.15) is 5.54 Å². The van der Waals surface area contributed by atoms with E-state index in [0.29, 0.717) is 17.3 Å². The number of aryl methyl sites for hydroxylation is 2. The molecular weight excluding hydrogens is 414 g/mol. The van der Waals surface area contributed by atoms with Crippen LogP contribution in [-0.2, 0) is 19.9 Å². The number of amides is 3. The Bertz CT molecular complexity index is 1190. The Hall–Kier alpha value is -2.70. The van der Waals surface area contributed by atoms with Crippen LogP contribution in [0.2, 0.25) is 5.02 Å². The average Bonchev–Trinajstić information content (AvgIpc) is 3.42. The van der Waals surface area contributed by atoms with E-state index in [1.165, 1.54) is 4.90 Å². The molecular formula is C24H22ClN3O3. The summed E-state index contributed by atoms with van der Waals surface area (Å²) >= 11 is 6.41. The zero-order valence-electron chi connectivity index (χ0n) is 17.3. The highest BCUT2D eigenvalue weighted by Gasteiger charge is 2.74. The third-order valence-corrected chi connectivity index (χ3v) is 7.84. The van der Waals surface area contributed by atoms with E-state index in [0.717, 1.165) is 35.2 Å². The van der Waals surface area contributed by atoms with Crippen molar-refractivity contribution in [2.24, 2.45) is 11.8 Å². The lowest BCUT2D eigenvalue weighted by molar-refractivity contribution is -0.135. The summed E-state index contributed by atoms with van der Waals surface area (Å²) in [4.78, 5) is 44.8. The summed E-state index contributed by atoms with van der Waals surface area (Å²) in [6, 6.07) is 10.9. The third-order valence-electron chi connectivity index (χ3n) is 7.62. The van der Waals surface area contributed by atoms with Crippen LogP contribution < -0.4 is 10.2 Å². The van der Waals surface area contributed by atoms with E-state index in [-0.39, 0.29) is 23.8 Å². The molecule has 158 valence electrons. The number of hydrogen-bond donors (Lipinski definition) is 1. The molecule has 4 heterocycles. The highest BCUT2D eigenvalue weighted by molar-refractivity contribution is 6.31. The molecule has 0 aromatic heterocycles. The fraction of sp³-hybridized carbons (Fsp3) is 0.375.